The maximum absolute atomic E-state index is 11.3. The van der Waals surface area contributed by atoms with Crippen molar-refractivity contribution < 1.29 is 19.8 Å². The molecular formula is C16H25NO4. The van der Waals surface area contributed by atoms with E-state index in [2.05, 4.69) is 33.0 Å². The van der Waals surface area contributed by atoms with Crippen LogP contribution in [0.4, 0.5) is 0 Å². The van der Waals surface area contributed by atoms with Crippen LogP contribution in [-0.4, -0.2) is 33.2 Å². The molecule has 21 heavy (non-hydrogen) atoms. The highest BCUT2D eigenvalue weighted by atomic mass is 16.4. The van der Waals surface area contributed by atoms with Crippen molar-refractivity contribution in [1.82, 2.24) is 5.32 Å². The molecule has 0 aromatic heterocycles. The molecule has 0 aromatic rings. The summed E-state index contributed by atoms with van der Waals surface area (Å²) in [6.45, 7) is 9.76. The third-order valence-corrected chi connectivity index (χ3v) is 3.59. The molecule has 1 fully saturated rings. The zero-order chi connectivity index (χ0) is 16.4. The van der Waals surface area contributed by atoms with Crippen molar-refractivity contribution in [2.45, 2.75) is 58.5 Å². The summed E-state index contributed by atoms with van der Waals surface area (Å²) < 4.78 is 0. The van der Waals surface area contributed by atoms with Gasteiger partial charge in [-0.25, -0.2) is 9.59 Å². The average molecular weight is 295 g/mol. The van der Waals surface area contributed by atoms with Crippen LogP contribution in [0.1, 0.15) is 47.5 Å². The second-order valence-electron chi connectivity index (χ2n) is 7.12. The van der Waals surface area contributed by atoms with Gasteiger partial charge in [-0.3, -0.25) is 0 Å². The predicted octanol–water partition coefficient (Wildman–Crippen LogP) is 2.59. The monoisotopic (exact) mass is 295 g/mol. The second-order valence-corrected chi connectivity index (χ2v) is 7.12. The topological polar surface area (TPSA) is 86.6 Å². The Kier molecular flexibility index (Phi) is 4.99. The normalized spacial score (nSPS) is 22.9. The van der Waals surface area contributed by atoms with E-state index in [9.17, 15) is 14.7 Å². The Labute approximate surface area is 125 Å². The van der Waals surface area contributed by atoms with Crippen molar-refractivity contribution in [2.24, 2.45) is 5.92 Å². The van der Waals surface area contributed by atoms with Crippen LogP contribution in [-0.2, 0) is 9.59 Å². The van der Waals surface area contributed by atoms with Crippen LogP contribution in [0.15, 0.2) is 23.3 Å². The van der Waals surface area contributed by atoms with Crippen molar-refractivity contribution in [3.63, 3.8) is 0 Å². The molecule has 118 valence electrons. The van der Waals surface area contributed by atoms with E-state index in [1.807, 2.05) is 0 Å². The van der Waals surface area contributed by atoms with Gasteiger partial charge in [0.15, 0.2) is 0 Å². The number of nitrogens with one attached hydrogen (secondary N) is 1. The number of piperidine rings is 1. The Bertz CT molecular complexity index is 484. The van der Waals surface area contributed by atoms with Crippen molar-refractivity contribution >= 4 is 11.9 Å². The minimum atomic E-state index is -1.10. The summed E-state index contributed by atoms with van der Waals surface area (Å²) in [4.78, 5) is 22.2. The number of carboxylic acids is 2. The zero-order valence-electron chi connectivity index (χ0n) is 13.4. The number of carboxylic acid groups (broad SMARTS) is 2. The summed E-state index contributed by atoms with van der Waals surface area (Å²) >= 11 is 0. The highest BCUT2D eigenvalue weighted by Crippen LogP contribution is 2.34. The molecule has 1 aliphatic heterocycles. The number of hydrogen-bond acceptors (Lipinski definition) is 3. The fraction of sp³-hybridized carbons (Fsp3) is 0.625. The van der Waals surface area contributed by atoms with Gasteiger partial charge in [-0.1, -0.05) is 6.08 Å². The lowest BCUT2D eigenvalue weighted by atomic mass is 9.75. The Hall–Kier alpha value is -1.62. The van der Waals surface area contributed by atoms with E-state index < -0.39 is 11.9 Å². The Balaban J connectivity index is 3.08. The van der Waals surface area contributed by atoms with Gasteiger partial charge in [-0.15, -0.1) is 0 Å². The second kappa shape index (κ2) is 6.02. The largest absolute Gasteiger partial charge is 0.478 e. The third kappa shape index (κ3) is 5.34. The molecule has 1 saturated heterocycles. The number of hydrogen-bond donors (Lipinski definition) is 3. The molecule has 0 bridgehead atoms. The summed E-state index contributed by atoms with van der Waals surface area (Å²) in [5.41, 5.74) is -0.0968. The van der Waals surface area contributed by atoms with Crippen molar-refractivity contribution in [1.29, 1.82) is 0 Å². The van der Waals surface area contributed by atoms with Crippen LogP contribution in [0.2, 0.25) is 0 Å². The summed E-state index contributed by atoms with van der Waals surface area (Å²) in [7, 11) is 0. The minimum Gasteiger partial charge on any atom is -0.478 e. The molecule has 0 aromatic carbocycles. The first-order valence-electron chi connectivity index (χ1n) is 7.08. The van der Waals surface area contributed by atoms with E-state index in [-0.39, 0.29) is 28.1 Å². The number of rotatable bonds is 4. The van der Waals surface area contributed by atoms with Gasteiger partial charge in [-0.05, 0) is 59.5 Å². The maximum atomic E-state index is 11.3. The van der Waals surface area contributed by atoms with Crippen LogP contribution in [0, 0.1) is 5.92 Å². The quantitative estimate of drug-likeness (QED) is 0.548. The van der Waals surface area contributed by atoms with E-state index >= 15 is 0 Å². The smallest absolute Gasteiger partial charge is 0.335 e. The van der Waals surface area contributed by atoms with Crippen molar-refractivity contribution in [3.05, 3.63) is 23.3 Å². The summed E-state index contributed by atoms with van der Waals surface area (Å²) in [6, 6.07) is 0. The minimum absolute atomic E-state index is 0.0242. The first-order valence-corrected chi connectivity index (χ1v) is 7.08. The van der Waals surface area contributed by atoms with Crippen molar-refractivity contribution in [3.8, 4) is 0 Å². The lowest BCUT2D eigenvalue weighted by Crippen LogP contribution is -2.57. The maximum Gasteiger partial charge on any atom is 0.335 e. The first-order chi connectivity index (χ1) is 9.42. The van der Waals surface area contributed by atoms with Gasteiger partial charge in [0.25, 0.3) is 0 Å². The van der Waals surface area contributed by atoms with Gasteiger partial charge >= 0.3 is 11.9 Å². The molecule has 0 aliphatic carbocycles. The van der Waals surface area contributed by atoms with Crippen LogP contribution >= 0.6 is 0 Å². The average Bonchev–Trinajstić information content (AvgIpc) is 2.22. The molecule has 0 radical (unpaired) electrons. The summed E-state index contributed by atoms with van der Waals surface area (Å²) in [5.74, 6) is -2.10. The van der Waals surface area contributed by atoms with E-state index in [1.165, 1.54) is 13.0 Å². The number of aliphatic carboxylic acids is 2. The zero-order valence-corrected chi connectivity index (χ0v) is 13.4. The standard InChI is InChI=1S/C16H25NO4/c1-10(13(18)19)6-12(14(20)21)7-11-8-15(2,3)17-16(4,5)9-11/h6-7,11,17H,8-9H2,1-5H3,(H,18,19)(H,20,21). The van der Waals surface area contributed by atoms with Crippen LogP contribution in [0.5, 0.6) is 0 Å². The van der Waals surface area contributed by atoms with E-state index in [4.69, 9.17) is 5.11 Å². The van der Waals surface area contributed by atoms with Gasteiger partial charge in [0, 0.05) is 16.7 Å². The molecule has 0 atom stereocenters. The molecule has 5 heteroatoms. The molecule has 1 aliphatic rings. The van der Waals surface area contributed by atoms with Gasteiger partial charge in [-0.2, -0.15) is 0 Å². The predicted molar refractivity (Wildman–Crippen MR) is 81.1 cm³/mol. The molecule has 3 N–H and O–H groups in total. The Morgan fingerprint density at radius 1 is 1.05 bits per heavy atom. The molecule has 0 amide bonds. The highest BCUT2D eigenvalue weighted by Gasteiger charge is 2.37. The highest BCUT2D eigenvalue weighted by molar-refractivity contribution is 5.94. The van der Waals surface area contributed by atoms with Gasteiger partial charge in [0.2, 0.25) is 0 Å². The molecule has 1 heterocycles. The lowest BCUT2D eigenvalue weighted by molar-refractivity contribution is -0.132. The molecular weight excluding hydrogens is 270 g/mol. The van der Waals surface area contributed by atoms with Gasteiger partial charge in [0.1, 0.15) is 0 Å². The van der Waals surface area contributed by atoms with Crippen LogP contribution in [0.25, 0.3) is 0 Å². The van der Waals surface area contributed by atoms with E-state index in [0.717, 1.165) is 12.8 Å². The first kappa shape index (κ1) is 17.4. The number of carbonyl (C=O) groups is 2. The molecule has 1 rings (SSSR count). The van der Waals surface area contributed by atoms with Crippen molar-refractivity contribution in [2.75, 3.05) is 0 Å². The molecule has 0 saturated carbocycles. The Morgan fingerprint density at radius 3 is 1.90 bits per heavy atom. The fourth-order valence-electron chi connectivity index (χ4n) is 3.25. The number of allylic oxidation sites excluding steroid dienone is 1. The van der Waals surface area contributed by atoms with Crippen LogP contribution < -0.4 is 5.32 Å². The van der Waals surface area contributed by atoms with Crippen LogP contribution in [0.3, 0.4) is 0 Å². The summed E-state index contributed by atoms with van der Waals surface area (Å²) in [5, 5.41) is 21.7. The fourth-order valence-corrected chi connectivity index (χ4v) is 3.25. The molecule has 5 nitrogen and oxygen atoms in total. The van der Waals surface area contributed by atoms with Gasteiger partial charge in [0.05, 0.1) is 5.57 Å². The molecule has 0 spiro atoms. The summed E-state index contributed by atoms with van der Waals surface area (Å²) in [6.07, 6.45) is 4.55. The Morgan fingerprint density at radius 2 is 1.52 bits per heavy atom. The van der Waals surface area contributed by atoms with E-state index in [1.54, 1.807) is 6.08 Å². The SMILES string of the molecule is CC(=CC(=CC1CC(C)(C)NC(C)(C)C1)C(=O)O)C(=O)O. The van der Waals surface area contributed by atoms with Gasteiger partial charge < -0.3 is 15.5 Å². The lowest BCUT2D eigenvalue weighted by Gasteiger charge is -2.46. The molecule has 0 unspecified atom stereocenters. The van der Waals surface area contributed by atoms with E-state index in [0.29, 0.717) is 0 Å². The third-order valence-electron chi connectivity index (χ3n) is 3.59.